The summed E-state index contributed by atoms with van der Waals surface area (Å²) in [6, 6.07) is 9.05. The second-order valence-corrected chi connectivity index (χ2v) is 7.74. The van der Waals surface area contributed by atoms with Gasteiger partial charge in [-0.2, -0.15) is 0 Å². The van der Waals surface area contributed by atoms with Gasteiger partial charge in [0.05, 0.1) is 17.1 Å². The highest BCUT2D eigenvalue weighted by Gasteiger charge is 2.23. The molecule has 1 saturated heterocycles. The van der Waals surface area contributed by atoms with Gasteiger partial charge in [0, 0.05) is 30.5 Å². The van der Waals surface area contributed by atoms with E-state index < -0.39 is 0 Å². The first kappa shape index (κ1) is 17.9. The highest BCUT2D eigenvalue weighted by Crippen LogP contribution is 2.21. The van der Waals surface area contributed by atoms with Crippen LogP contribution in [0.2, 0.25) is 0 Å². The Morgan fingerprint density at radius 1 is 1.04 bits per heavy atom. The van der Waals surface area contributed by atoms with Crippen LogP contribution in [-0.2, 0) is 0 Å². The lowest BCUT2D eigenvalue weighted by Gasteiger charge is -2.33. The van der Waals surface area contributed by atoms with Crippen molar-refractivity contribution in [3.8, 4) is 0 Å². The van der Waals surface area contributed by atoms with Gasteiger partial charge >= 0.3 is 0 Å². The third-order valence-corrected chi connectivity index (χ3v) is 5.30. The minimum atomic E-state index is 0.201. The normalized spacial score (nSPS) is 16.8. The van der Waals surface area contributed by atoms with Crippen LogP contribution >= 0.6 is 0 Å². The third kappa shape index (κ3) is 3.95. The second-order valence-electron chi connectivity index (χ2n) is 7.74. The van der Waals surface area contributed by atoms with E-state index in [9.17, 15) is 0 Å². The quantitative estimate of drug-likeness (QED) is 0.740. The maximum absolute atomic E-state index is 4.75. The molecule has 6 heteroatoms. The van der Waals surface area contributed by atoms with Crippen molar-refractivity contribution in [3.05, 3.63) is 47.0 Å². The zero-order chi connectivity index (χ0) is 19.0. The van der Waals surface area contributed by atoms with E-state index in [4.69, 9.17) is 4.98 Å². The minimum absolute atomic E-state index is 0.201. The van der Waals surface area contributed by atoms with Crippen molar-refractivity contribution in [2.24, 2.45) is 0 Å². The van der Waals surface area contributed by atoms with Crippen molar-refractivity contribution >= 4 is 17.0 Å². The molecule has 0 spiro atoms. The number of H-pyrrole nitrogens is 1. The molecule has 0 bridgehead atoms. The number of anilines is 1. The summed E-state index contributed by atoms with van der Waals surface area (Å²) in [7, 11) is 0. The standard InChI is InChI=1S/C21H28N6/c1-13-5-6-18-19(11-13)26-20(25-18)16(4)24-17-7-9-27(10-8-17)21-22-14(2)12-15(3)23-21/h5-6,11-12,16-17,24H,7-10H2,1-4H3,(H,25,26)/t16-/m0/s1. The minimum Gasteiger partial charge on any atom is -0.341 e. The summed E-state index contributed by atoms with van der Waals surface area (Å²) < 4.78 is 0. The zero-order valence-electron chi connectivity index (χ0n) is 16.6. The molecule has 4 rings (SSSR count). The SMILES string of the molecule is Cc1ccc2nc([C@H](C)NC3CCN(c4nc(C)cc(C)n4)CC3)[nH]c2c1. The van der Waals surface area contributed by atoms with Crippen LogP contribution in [-0.4, -0.2) is 39.1 Å². The number of benzene rings is 1. The van der Waals surface area contributed by atoms with Crippen LogP contribution < -0.4 is 10.2 Å². The number of imidazole rings is 1. The van der Waals surface area contributed by atoms with E-state index in [0.717, 1.165) is 60.1 Å². The second kappa shape index (κ2) is 7.27. The van der Waals surface area contributed by atoms with Crippen LogP contribution in [0.3, 0.4) is 0 Å². The zero-order valence-corrected chi connectivity index (χ0v) is 16.6. The molecule has 3 heterocycles. The van der Waals surface area contributed by atoms with Crippen molar-refractivity contribution in [2.75, 3.05) is 18.0 Å². The largest absolute Gasteiger partial charge is 0.341 e. The number of aromatic amines is 1. The molecule has 2 aromatic heterocycles. The maximum atomic E-state index is 4.75. The summed E-state index contributed by atoms with van der Waals surface area (Å²) in [6.07, 6.45) is 2.17. The number of hydrogen-bond acceptors (Lipinski definition) is 5. The lowest BCUT2D eigenvalue weighted by molar-refractivity contribution is 0.373. The van der Waals surface area contributed by atoms with Crippen LogP contribution in [0.15, 0.2) is 24.3 Å². The molecule has 0 unspecified atom stereocenters. The molecule has 1 aliphatic rings. The Morgan fingerprint density at radius 2 is 1.74 bits per heavy atom. The number of piperidine rings is 1. The van der Waals surface area contributed by atoms with Crippen LogP contribution in [0.5, 0.6) is 0 Å². The number of aromatic nitrogens is 4. The Labute approximate surface area is 160 Å². The number of nitrogens with one attached hydrogen (secondary N) is 2. The summed E-state index contributed by atoms with van der Waals surface area (Å²) in [5.41, 5.74) is 5.46. The monoisotopic (exact) mass is 364 g/mol. The molecular formula is C21H28N6. The van der Waals surface area contributed by atoms with Crippen molar-refractivity contribution in [3.63, 3.8) is 0 Å². The van der Waals surface area contributed by atoms with Crippen LogP contribution in [0.25, 0.3) is 11.0 Å². The lowest BCUT2D eigenvalue weighted by Crippen LogP contribution is -2.44. The molecule has 6 nitrogen and oxygen atoms in total. The van der Waals surface area contributed by atoms with Crippen LogP contribution in [0.4, 0.5) is 5.95 Å². The van der Waals surface area contributed by atoms with Crippen LogP contribution in [0.1, 0.15) is 48.6 Å². The smallest absolute Gasteiger partial charge is 0.225 e. The predicted molar refractivity (Wildman–Crippen MR) is 109 cm³/mol. The number of hydrogen-bond donors (Lipinski definition) is 2. The summed E-state index contributed by atoms with van der Waals surface area (Å²) in [6.45, 7) is 10.3. The average molecular weight is 364 g/mol. The third-order valence-electron chi connectivity index (χ3n) is 5.30. The predicted octanol–water partition coefficient (Wildman–Crippen LogP) is 3.60. The molecule has 0 amide bonds. The number of rotatable bonds is 4. The van der Waals surface area contributed by atoms with Gasteiger partial charge in [0.2, 0.25) is 5.95 Å². The molecule has 0 saturated carbocycles. The summed E-state index contributed by atoms with van der Waals surface area (Å²) in [5, 5.41) is 3.74. The lowest BCUT2D eigenvalue weighted by atomic mass is 10.0. The van der Waals surface area contributed by atoms with Crippen molar-refractivity contribution in [1.29, 1.82) is 0 Å². The van der Waals surface area contributed by atoms with Gasteiger partial charge in [0.25, 0.3) is 0 Å². The first-order valence-electron chi connectivity index (χ1n) is 9.77. The van der Waals surface area contributed by atoms with Gasteiger partial charge in [-0.1, -0.05) is 6.07 Å². The molecule has 0 radical (unpaired) electrons. The highest BCUT2D eigenvalue weighted by molar-refractivity contribution is 5.75. The van der Waals surface area contributed by atoms with Gasteiger partial charge in [0.1, 0.15) is 5.82 Å². The summed E-state index contributed by atoms with van der Waals surface area (Å²) in [4.78, 5) is 19.7. The van der Waals surface area contributed by atoms with E-state index in [-0.39, 0.29) is 6.04 Å². The molecule has 1 aliphatic heterocycles. The number of nitrogens with zero attached hydrogens (tertiary/aromatic N) is 4. The maximum Gasteiger partial charge on any atom is 0.225 e. The van der Waals surface area contributed by atoms with Gasteiger partial charge in [-0.15, -0.1) is 0 Å². The fraction of sp³-hybridized carbons (Fsp3) is 0.476. The average Bonchev–Trinajstić information content (AvgIpc) is 3.05. The molecule has 0 aliphatic carbocycles. The summed E-state index contributed by atoms with van der Waals surface area (Å²) in [5.74, 6) is 1.88. The van der Waals surface area contributed by atoms with E-state index in [0.29, 0.717) is 6.04 Å². The van der Waals surface area contributed by atoms with Gasteiger partial charge in [0.15, 0.2) is 0 Å². The molecule has 1 aromatic carbocycles. The Bertz CT molecular complexity index is 919. The number of aryl methyl sites for hydroxylation is 3. The van der Waals surface area contributed by atoms with Crippen LogP contribution in [0, 0.1) is 20.8 Å². The molecular weight excluding hydrogens is 336 g/mol. The van der Waals surface area contributed by atoms with Gasteiger partial charge in [-0.05, 0) is 64.3 Å². The topological polar surface area (TPSA) is 69.7 Å². The van der Waals surface area contributed by atoms with Crippen molar-refractivity contribution < 1.29 is 0 Å². The molecule has 27 heavy (non-hydrogen) atoms. The molecule has 142 valence electrons. The van der Waals surface area contributed by atoms with E-state index in [1.807, 2.05) is 19.9 Å². The summed E-state index contributed by atoms with van der Waals surface area (Å²) >= 11 is 0. The first-order chi connectivity index (χ1) is 13.0. The fourth-order valence-electron chi connectivity index (χ4n) is 3.88. The molecule has 3 aromatic rings. The van der Waals surface area contributed by atoms with E-state index in [2.05, 4.69) is 57.2 Å². The highest BCUT2D eigenvalue weighted by atomic mass is 15.3. The van der Waals surface area contributed by atoms with Gasteiger partial charge in [-0.25, -0.2) is 15.0 Å². The Hall–Kier alpha value is -2.47. The molecule has 1 atom stereocenters. The Balaban J connectivity index is 1.38. The van der Waals surface area contributed by atoms with Gasteiger partial charge in [-0.3, -0.25) is 0 Å². The van der Waals surface area contributed by atoms with E-state index in [1.54, 1.807) is 0 Å². The fourth-order valence-corrected chi connectivity index (χ4v) is 3.88. The van der Waals surface area contributed by atoms with Gasteiger partial charge < -0.3 is 15.2 Å². The Kier molecular flexibility index (Phi) is 4.83. The van der Waals surface area contributed by atoms with E-state index in [1.165, 1.54) is 5.56 Å². The molecule has 1 fully saturated rings. The van der Waals surface area contributed by atoms with Crippen molar-refractivity contribution in [1.82, 2.24) is 25.3 Å². The first-order valence-corrected chi connectivity index (χ1v) is 9.77. The van der Waals surface area contributed by atoms with E-state index >= 15 is 0 Å². The number of fused-ring (bicyclic) bond motifs is 1. The molecule has 2 N–H and O–H groups in total. The van der Waals surface area contributed by atoms with Crippen molar-refractivity contribution in [2.45, 2.75) is 52.6 Å². The Morgan fingerprint density at radius 3 is 2.44 bits per heavy atom.